The van der Waals surface area contributed by atoms with Crippen molar-refractivity contribution >= 4 is 22.3 Å². The number of amides is 1. The largest absolute Gasteiger partial charge is 0.354 e. The molecule has 0 bridgehead atoms. The minimum atomic E-state index is -0.368. The predicted octanol–water partition coefficient (Wildman–Crippen LogP) is 3.10. The van der Waals surface area contributed by atoms with E-state index < -0.39 is 0 Å². The Morgan fingerprint density at radius 2 is 2.11 bits per heavy atom. The SMILES string of the molecule is Cc1nn(CC(=O)NCCC2=CCCCC2)c(=O)c2cc3cc(F)ccc3n12. The summed E-state index contributed by atoms with van der Waals surface area (Å²) in [7, 11) is 0. The van der Waals surface area contributed by atoms with E-state index in [2.05, 4.69) is 16.5 Å². The Morgan fingerprint density at radius 3 is 2.89 bits per heavy atom. The quantitative estimate of drug-likeness (QED) is 0.690. The summed E-state index contributed by atoms with van der Waals surface area (Å²) in [5.74, 6) is -0.0323. The number of carbonyl (C=O) groups is 1. The molecular weight excluding hydrogens is 359 g/mol. The Bertz CT molecular complexity index is 1140. The van der Waals surface area contributed by atoms with Crippen LogP contribution in [0.3, 0.4) is 0 Å². The van der Waals surface area contributed by atoms with Crippen molar-refractivity contribution in [2.45, 2.75) is 45.6 Å². The highest BCUT2D eigenvalue weighted by Gasteiger charge is 2.14. The van der Waals surface area contributed by atoms with E-state index in [1.807, 2.05) is 0 Å². The topological polar surface area (TPSA) is 68.4 Å². The van der Waals surface area contributed by atoms with Crippen molar-refractivity contribution in [1.29, 1.82) is 0 Å². The highest BCUT2D eigenvalue weighted by molar-refractivity contribution is 5.87. The van der Waals surface area contributed by atoms with Gasteiger partial charge in [0.2, 0.25) is 5.91 Å². The van der Waals surface area contributed by atoms with Crippen LogP contribution in [-0.4, -0.2) is 26.6 Å². The van der Waals surface area contributed by atoms with E-state index in [0.29, 0.717) is 23.3 Å². The lowest BCUT2D eigenvalue weighted by Gasteiger charge is -2.13. The normalized spacial score (nSPS) is 14.4. The number of benzene rings is 1. The number of hydrogen-bond donors (Lipinski definition) is 1. The van der Waals surface area contributed by atoms with E-state index in [9.17, 15) is 14.0 Å². The zero-order valence-corrected chi connectivity index (χ0v) is 15.9. The number of aromatic nitrogens is 3. The van der Waals surface area contributed by atoms with Gasteiger partial charge in [-0.25, -0.2) is 9.07 Å². The Labute approximate surface area is 161 Å². The molecule has 1 aliphatic carbocycles. The molecule has 0 radical (unpaired) electrons. The summed E-state index contributed by atoms with van der Waals surface area (Å²) in [6.07, 6.45) is 7.80. The third-order valence-electron chi connectivity index (χ3n) is 5.25. The molecule has 0 spiro atoms. The fraction of sp³-hybridized carbons (Fsp3) is 0.381. The van der Waals surface area contributed by atoms with Crippen LogP contribution in [0.5, 0.6) is 0 Å². The standard InChI is InChI=1S/C21H23FN4O2/c1-14-24-25(13-20(27)23-10-9-15-5-3-2-4-6-15)21(28)19-12-16-11-17(22)7-8-18(16)26(14)19/h5,7-8,11-12H,2-4,6,9-10,13H2,1H3,(H,23,27). The second-order valence-corrected chi connectivity index (χ2v) is 7.29. The molecule has 0 atom stereocenters. The highest BCUT2D eigenvalue weighted by atomic mass is 19.1. The van der Waals surface area contributed by atoms with Crippen LogP contribution in [0.25, 0.3) is 16.4 Å². The fourth-order valence-electron chi connectivity index (χ4n) is 3.88. The molecular formula is C21H23FN4O2. The van der Waals surface area contributed by atoms with Crippen molar-refractivity contribution in [3.05, 3.63) is 57.9 Å². The van der Waals surface area contributed by atoms with Crippen molar-refractivity contribution in [1.82, 2.24) is 19.5 Å². The third-order valence-corrected chi connectivity index (χ3v) is 5.25. The molecule has 4 rings (SSSR count). The molecule has 2 aromatic heterocycles. The van der Waals surface area contributed by atoms with E-state index in [0.717, 1.165) is 24.8 Å². The molecule has 0 saturated heterocycles. The molecule has 6 nitrogen and oxygen atoms in total. The minimum Gasteiger partial charge on any atom is -0.354 e. The lowest BCUT2D eigenvalue weighted by atomic mass is 9.97. The Kier molecular flexibility index (Phi) is 4.98. The van der Waals surface area contributed by atoms with Crippen LogP contribution in [-0.2, 0) is 11.3 Å². The van der Waals surface area contributed by atoms with Crippen LogP contribution in [0.15, 0.2) is 40.7 Å². The van der Waals surface area contributed by atoms with Gasteiger partial charge in [-0.05, 0) is 63.3 Å². The number of aryl methyl sites for hydroxylation is 1. The molecule has 0 unspecified atom stereocenters. The number of halogens is 1. The summed E-state index contributed by atoms with van der Waals surface area (Å²) in [5.41, 5.74) is 2.13. The average molecular weight is 382 g/mol. The van der Waals surface area contributed by atoms with Gasteiger partial charge in [-0.3, -0.25) is 14.0 Å². The van der Waals surface area contributed by atoms with Crippen molar-refractivity contribution in [3.8, 4) is 0 Å². The van der Waals surface area contributed by atoms with Gasteiger partial charge >= 0.3 is 0 Å². The van der Waals surface area contributed by atoms with Crippen molar-refractivity contribution < 1.29 is 9.18 Å². The number of hydrogen-bond acceptors (Lipinski definition) is 3. The van der Waals surface area contributed by atoms with Gasteiger partial charge < -0.3 is 5.32 Å². The van der Waals surface area contributed by atoms with Gasteiger partial charge in [0.15, 0.2) is 0 Å². The van der Waals surface area contributed by atoms with E-state index in [1.165, 1.54) is 35.2 Å². The molecule has 2 heterocycles. The van der Waals surface area contributed by atoms with Crippen molar-refractivity contribution in [2.24, 2.45) is 0 Å². The maximum Gasteiger partial charge on any atom is 0.291 e. The first kappa shape index (κ1) is 18.4. The number of carbonyl (C=O) groups excluding carboxylic acids is 1. The van der Waals surface area contributed by atoms with Crippen LogP contribution in [0, 0.1) is 12.7 Å². The monoisotopic (exact) mass is 382 g/mol. The molecule has 0 aliphatic heterocycles. The molecule has 0 saturated carbocycles. The van der Waals surface area contributed by atoms with Crippen molar-refractivity contribution in [2.75, 3.05) is 6.54 Å². The van der Waals surface area contributed by atoms with Crippen LogP contribution < -0.4 is 10.9 Å². The lowest BCUT2D eigenvalue weighted by Crippen LogP contribution is -2.35. The average Bonchev–Trinajstić information content (AvgIpc) is 3.06. The Balaban J connectivity index is 1.53. The van der Waals surface area contributed by atoms with Crippen molar-refractivity contribution in [3.63, 3.8) is 0 Å². The number of rotatable bonds is 5. The number of fused-ring (bicyclic) bond motifs is 3. The van der Waals surface area contributed by atoms with E-state index in [4.69, 9.17) is 0 Å². The second-order valence-electron chi connectivity index (χ2n) is 7.29. The number of nitrogens with zero attached hydrogens (tertiary/aromatic N) is 3. The van der Waals surface area contributed by atoms with Gasteiger partial charge in [0.1, 0.15) is 23.7 Å². The Morgan fingerprint density at radius 1 is 1.25 bits per heavy atom. The van der Waals surface area contributed by atoms with Gasteiger partial charge in [0.05, 0.1) is 5.52 Å². The molecule has 28 heavy (non-hydrogen) atoms. The molecule has 146 valence electrons. The van der Waals surface area contributed by atoms with Gasteiger partial charge in [-0.2, -0.15) is 5.10 Å². The summed E-state index contributed by atoms with van der Waals surface area (Å²) >= 11 is 0. The van der Waals surface area contributed by atoms with Crippen LogP contribution in [0.2, 0.25) is 0 Å². The molecule has 1 N–H and O–H groups in total. The van der Waals surface area contributed by atoms with Crippen LogP contribution >= 0.6 is 0 Å². The van der Waals surface area contributed by atoms with Gasteiger partial charge in [-0.15, -0.1) is 0 Å². The van der Waals surface area contributed by atoms with E-state index in [-0.39, 0.29) is 23.8 Å². The van der Waals surface area contributed by atoms with Gasteiger partial charge in [0, 0.05) is 11.9 Å². The Hall–Kier alpha value is -2.96. The molecule has 3 aromatic rings. The minimum absolute atomic E-state index is 0.134. The fourth-order valence-corrected chi connectivity index (χ4v) is 3.88. The summed E-state index contributed by atoms with van der Waals surface area (Å²) in [6, 6.07) is 6.01. The van der Waals surface area contributed by atoms with Gasteiger partial charge in [-0.1, -0.05) is 11.6 Å². The smallest absolute Gasteiger partial charge is 0.291 e. The second kappa shape index (κ2) is 7.58. The number of nitrogens with one attached hydrogen (secondary N) is 1. The predicted molar refractivity (Wildman–Crippen MR) is 106 cm³/mol. The molecule has 1 aliphatic rings. The summed E-state index contributed by atoms with van der Waals surface area (Å²) in [6.45, 7) is 2.19. The van der Waals surface area contributed by atoms with Crippen LogP contribution in [0.1, 0.15) is 37.9 Å². The van der Waals surface area contributed by atoms with Crippen LogP contribution in [0.4, 0.5) is 4.39 Å². The molecule has 0 fully saturated rings. The first-order valence-corrected chi connectivity index (χ1v) is 9.66. The summed E-state index contributed by atoms with van der Waals surface area (Å²) in [5, 5.41) is 7.79. The third kappa shape index (κ3) is 3.56. The molecule has 1 amide bonds. The summed E-state index contributed by atoms with van der Waals surface area (Å²) in [4.78, 5) is 25.1. The maximum atomic E-state index is 13.5. The van der Waals surface area contributed by atoms with E-state index >= 15 is 0 Å². The molecule has 1 aromatic carbocycles. The number of allylic oxidation sites excluding steroid dienone is 1. The first-order chi connectivity index (χ1) is 13.5. The maximum absolute atomic E-state index is 13.5. The summed E-state index contributed by atoms with van der Waals surface area (Å²) < 4.78 is 16.4. The van der Waals surface area contributed by atoms with Gasteiger partial charge in [0.25, 0.3) is 5.56 Å². The lowest BCUT2D eigenvalue weighted by molar-refractivity contribution is -0.121. The first-order valence-electron chi connectivity index (χ1n) is 9.66. The van der Waals surface area contributed by atoms with E-state index in [1.54, 1.807) is 23.5 Å². The zero-order valence-electron chi connectivity index (χ0n) is 15.9. The highest BCUT2D eigenvalue weighted by Crippen LogP contribution is 2.20. The molecule has 7 heteroatoms. The zero-order chi connectivity index (χ0) is 19.7.